The Kier molecular flexibility index (Phi) is 6.29. The summed E-state index contributed by atoms with van der Waals surface area (Å²) in [5.74, 6) is 1.43. The molecule has 0 aliphatic heterocycles. The van der Waals surface area contributed by atoms with Gasteiger partial charge in [-0.25, -0.2) is 4.79 Å². The molecule has 0 atom stereocenters. The first-order valence-electron chi connectivity index (χ1n) is 6.87. The zero-order chi connectivity index (χ0) is 16.7. The van der Waals surface area contributed by atoms with E-state index in [4.69, 9.17) is 18.9 Å². The molecular formula is C17H17BrO5. The first-order valence-corrected chi connectivity index (χ1v) is 7.66. The summed E-state index contributed by atoms with van der Waals surface area (Å²) >= 11 is 3.34. The number of methoxy groups -OCH3 is 2. The molecule has 0 unspecified atom stereocenters. The molecule has 0 saturated heterocycles. The maximum Gasteiger partial charge on any atom is 0.344 e. The van der Waals surface area contributed by atoms with Crippen molar-refractivity contribution in [3.63, 3.8) is 0 Å². The van der Waals surface area contributed by atoms with E-state index >= 15 is 0 Å². The quantitative estimate of drug-likeness (QED) is 0.687. The minimum Gasteiger partial charge on any atom is -0.497 e. The molecule has 23 heavy (non-hydrogen) atoms. The van der Waals surface area contributed by atoms with Crippen LogP contribution in [0.25, 0.3) is 0 Å². The standard InChI is InChI=1S/C17H17BrO5/c1-20-14-6-7-16(21-2)12(8-14)10-23-17(19)11-22-15-5-3-4-13(18)9-15/h3-9H,10-11H2,1-2H3. The molecule has 0 aliphatic rings. The Morgan fingerprint density at radius 2 is 1.87 bits per heavy atom. The third kappa shape index (κ3) is 5.17. The summed E-state index contributed by atoms with van der Waals surface area (Å²) in [7, 11) is 3.13. The maximum absolute atomic E-state index is 11.8. The Morgan fingerprint density at radius 3 is 2.57 bits per heavy atom. The second kappa shape index (κ2) is 8.43. The van der Waals surface area contributed by atoms with Crippen LogP contribution in [0, 0.1) is 0 Å². The van der Waals surface area contributed by atoms with Crippen LogP contribution in [0.3, 0.4) is 0 Å². The molecule has 0 bridgehead atoms. The van der Waals surface area contributed by atoms with Crippen molar-refractivity contribution in [1.82, 2.24) is 0 Å². The smallest absolute Gasteiger partial charge is 0.344 e. The van der Waals surface area contributed by atoms with E-state index < -0.39 is 5.97 Å². The van der Waals surface area contributed by atoms with Crippen LogP contribution in [0.15, 0.2) is 46.9 Å². The van der Waals surface area contributed by atoms with Gasteiger partial charge >= 0.3 is 5.97 Å². The Labute approximate surface area is 143 Å². The van der Waals surface area contributed by atoms with Crippen molar-refractivity contribution < 1.29 is 23.7 Å². The topological polar surface area (TPSA) is 54.0 Å². The molecule has 0 aliphatic carbocycles. The largest absolute Gasteiger partial charge is 0.497 e. The van der Waals surface area contributed by atoms with E-state index in [0.29, 0.717) is 17.2 Å². The number of carbonyl (C=O) groups is 1. The number of esters is 1. The average molecular weight is 381 g/mol. The van der Waals surface area contributed by atoms with E-state index in [9.17, 15) is 4.79 Å². The first kappa shape index (κ1) is 17.1. The second-order valence-electron chi connectivity index (χ2n) is 4.58. The normalized spacial score (nSPS) is 10.0. The maximum atomic E-state index is 11.8. The highest BCUT2D eigenvalue weighted by Gasteiger charge is 2.10. The van der Waals surface area contributed by atoms with Gasteiger partial charge in [0.1, 0.15) is 23.9 Å². The van der Waals surface area contributed by atoms with E-state index in [0.717, 1.165) is 10.0 Å². The fourth-order valence-electron chi connectivity index (χ4n) is 1.89. The summed E-state index contributed by atoms with van der Waals surface area (Å²) < 4.78 is 21.9. The molecule has 0 aromatic heterocycles. The molecule has 0 heterocycles. The molecule has 2 aromatic carbocycles. The van der Waals surface area contributed by atoms with Crippen LogP contribution in [0.2, 0.25) is 0 Å². The highest BCUT2D eigenvalue weighted by atomic mass is 79.9. The van der Waals surface area contributed by atoms with Gasteiger partial charge in [0.05, 0.1) is 14.2 Å². The number of halogens is 1. The molecule has 0 N–H and O–H groups in total. The number of hydrogen-bond donors (Lipinski definition) is 0. The zero-order valence-electron chi connectivity index (χ0n) is 12.9. The Bertz CT molecular complexity index is 672. The number of hydrogen-bond acceptors (Lipinski definition) is 5. The lowest BCUT2D eigenvalue weighted by atomic mass is 10.2. The van der Waals surface area contributed by atoms with Crippen LogP contribution in [-0.4, -0.2) is 26.8 Å². The summed E-state index contributed by atoms with van der Waals surface area (Å²) in [5, 5.41) is 0. The van der Waals surface area contributed by atoms with Crippen LogP contribution in [-0.2, 0) is 16.1 Å². The van der Waals surface area contributed by atoms with Gasteiger partial charge in [-0.2, -0.15) is 0 Å². The summed E-state index contributed by atoms with van der Waals surface area (Å²) in [6.45, 7) is -0.0796. The van der Waals surface area contributed by atoms with Gasteiger partial charge in [0, 0.05) is 10.0 Å². The van der Waals surface area contributed by atoms with Crippen molar-refractivity contribution >= 4 is 21.9 Å². The summed E-state index contributed by atoms with van der Waals surface area (Å²) in [4.78, 5) is 11.8. The van der Waals surface area contributed by atoms with E-state index in [-0.39, 0.29) is 13.2 Å². The summed E-state index contributed by atoms with van der Waals surface area (Å²) in [5.41, 5.74) is 0.725. The lowest BCUT2D eigenvalue weighted by molar-refractivity contribution is -0.147. The van der Waals surface area contributed by atoms with Gasteiger partial charge in [-0.15, -0.1) is 0 Å². The van der Waals surface area contributed by atoms with Crippen molar-refractivity contribution in [2.45, 2.75) is 6.61 Å². The second-order valence-corrected chi connectivity index (χ2v) is 5.50. The SMILES string of the molecule is COc1ccc(OC)c(COC(=O)COc2cccc(Br)c2)c1. The molecular weight excluding hydrogens is 364 g/mol. The summed E-state index contributed by atoms with van der Waals surface area (Å²) in [6, 6.07) is 12.6. The number of ether oxygens (including phenoxy) is 4. The Balaban J connectivity index is 1.89. The van der Waals surface area contributed by atoms with Gasteiger partial charge in [0.15, 0.2) is 6.61 Å². The molecule has 122 valence electrons. The molecule has 0 radical (unpaired) electrons. The van der Waals surface area contributed by atoms with Crippen LogP contribution in [0.4, 0.5) is 0 Å². The number of benzene rings is 2. The van der Waals surface area contributed by atoms with Crippen molar-refractivity contribution in [2.24, 2.45) is 0 Å². The lowest BCUT2D eigenvalue weighted by Gasteiger charge is -2.11. The van der Waals surface area contributed by atoms with Crippen molar-refractivity contribution in [1.29, 1.82) is 0 Å². The molecule has 0 fully saturated rings. The van der Waals surface area contributed by atoms with Crippen LogP contribution < -0.4 is 14.2 Å². The number of rotatable bonds is 7. The molecule has 5 nitrogen and oxygen atoms in total. The van der Waals surface area contributed by atoms with E-state index in [1.807, 2.05) is 12.1 Å². The van der Waals surface area contributed by atoms with Crippen LogP contribution in [0.1, 0.15) is 5.56 Å². The van der Waals surface area contributed by atoms with Crippen LogP contribution >= 0.6 is 15.9 Å². The van der Waals surface area contributed by atoms with Crippen LogP contribution in [0.5, 0.6) is 17.2 Å². The fourth-order valence-corrected chi connectivity index (χ4v) is 2.27. The highest BCUT2D eigenvalue weighted by Crippen LogP contribution is 2.24. The minimum atomic E-state index is -0.463. The van der Waals surface area contributed by atoms with Gasteiger partial charge < -0.3 is 18.9 Å². The van der Waals surface area contributed by atoms with E-state index in [1.54, 1.807) is 44.6 Å². The van der Waals surface area contributed by atoms with Gasteiger partial charge in [0.25, 0.3) is 0 Å². The molecule has 6 heteroatoms. The third-order valence-corrected chi connectivity index (χ3v) is 3.52. The van der Waals surface area contributed by atoms with Gasteiger partial charge in [0.2, 0.25) is 0 Å². The predicted molar refractivity (Wildman–Crippen MR) is 89.0 cm³/mol. The van der Waals surface area contributed by atoms with Crippen molar-refractivity contribution in [3.05, 3.63) is 52.5 Å². The monoisotopic (exact) mass is 380 g/mol. The lowest BCUT2D eigenvalue weighted by Crippen LogP contribution is -2.15. The molecule has 2 aromatic rings. The highest BCUT2D eigenvalue weighted by molar-refractivity contribution is 9.10. The minimum absolute atomic E-state index is 0.0844. The van der Waals surface area contributed by atoms with Gasteiger partial charge in [-0.3, -0.25) is 0 Å². The number of carbonyl (C=O) groups excluding carboxylic acids is 1. The first-order chi connectivity index (χ1) is 11.1. The van der Waals surface area contributed by atoms with Gasteiger partial charge in [-0.05, 0) is 36.4 Å². The molecule has 0 amide bonds. The fraction of sp³-hybridized carbons (Fsp3) is 0.235. The van der Waals surface area contributed by atoms with Crippen molar-refractivity contribution in [2.75, 3.05) is 20.8 Å². The average Bonchev–Trinajstić information content (AvgIpc) is 2.57. The zero-order valence-corrected chi connectivity index (χ0v) is 14.5. The Morgan fingerprint density at radius 1 is 1.04 bits per heavy atom. The third-order valence-electron chi connectivity index (χ3n) is 3.03. The Hall–Kier alpha value is -2.21. The predicted octanol–water partition coefficient (Wildman–Crippen LogP) is 3.59. The van der Waals surface area contributed by atoms with E-state index in [2.05, 4.69) is 15.9 Å². The van der Waals surface area contributed by atoms with E-state index in [1.165, 1.54) is 0 Å². The molecule has 0 saturated carbocycles. The van der Waals surface area contributed by atoms with Crippen molar-refractivity contribution in [3.8, 4) is 17.2 Å². The molecule has 2 rings (SSSR count). The molecule has 0 spiro atoms. The summed E-state index contributed by atoms with van der Waals surface area (Å²) in [6.07, 6.45) is 0. The van der Waals surface area contributed by atoms with Gasteiger partial charge in [-0.1, -0.05) is 22.0 Å².